The van der Waals surface area contributed by atoms with E-state index in [4.69, 9.17) is 24.7 Å². The Balaban J connectivity index is 1.54. The second-order valence-electron chi connectivity index (χ2n) is 9.03. The Labute approximate surface area is 217 Å². The molecule has 2 atom stereocenters. The Kier molecular flexibility index (Phi) is 7.69. The lowest BCUT2D eigenvalue weighted by Gasteiger charge is -2.27. The van der Waals surface area contributed by atoms with Crippen molar-refractivity contribution < 1.29 is 23.7 Å². The van der Waals surface area contributed by atoms with Gasteiger partial charge >= 0.3 is 5.97 Å². The zero-order valence-electron chi connectivity index (χ0n) is 21.4. The summed E-state index contributed by atoms with van der Waals surface area (Å²) in [6.07, 6.45) is -0.828. The van der Waals surface area contributed by atoms with Gasteiger partial charge in [-0.2, -0.15) is 5.26 Å². The van der Waals surface area contributed by atoms with Gasteiger partial charge in [-0.05, 0) is 61.2 Å². The molecule has 7 heteroatoms. The molecule has 1 aliphatic rings. The largest absolute Gasteiger partial charge is 0.494 e. The van der Waals surface area contributed by atoms with Crippen LogP contribution in [0.1, 0.15) is 56.2 Å². The molecule has 0 radical (unpaired) electrons. The van der Waals surface area contributed by atoms with Crippen LogP contribution in [-0.4, -0.2) is 18.7 Å². The van der Waals surface area contributed by atoms with E-state index in [0.717, 1.165) is 11.1 Å². The molecule has 2 N–H and O–H groups in total. The fourth-order valence-corrected chi connectivity index (χ4v) is 4.18. The molecule has 0 aliphatic carbocycles. The first-order valence-corrected chi connectivity index (χ1v) is 12.2. The van der Waals surface area contributed by atoms with Crippen molar-refractivity contribution in [1.29, 1.82) is 5.26 Å². The van der Waals surface area contributed by atoms with Gasteiger partial charge in [-0.15, -0.1) is 0 Å². The van der Waals surface area contributed by atoms with Crippen LogP contribution in [0.2, 0.25) is 0 Å². The Hall–Kier alpha value is -4.44. The van der Waals surface area contributed by atoms with E-state index in [9.17, 15) is 10.1 Å². The Morgan fingerprint density at radius 2 is 1.76 bits per heavy atom. The van der Waals surface area contributed by atoms with E-state index in [1.165, 1.54) is 5.56 Å². The maximum Gasteiger partial charge on any atom is 0.352 e. The van der Waals surface area contributed by atoms with E-state index >= 15 is 0 Å². The van der Waals surface area contributed by atoms with Gasteiger partial charge in [-0.1, -0.05) is 44.2 Å². The van der Waals surface area contributed by atoms with Crippen molar-refractivity contribution in [3.8, 4) is 29.1 Å². The summed E-state index contributed by atoms with van der Waals surface area (Å²) in [6, 6.07) is 22.4. The minimum atomic E-state index is -0.828. The number of nitrogens with zero attached hydrogens (tertiary/aromatic N) is 1. The number of carbonyl (C=O) groups excluding carboxylic acids is 1. The molecular weight excluding hydrogens is 468 g/mol. The lowest BCUT2D eigenvalue weighted by molar-refractivity contribution is -0.141. The van der Waals surface area contributed by atoms with Crippen LogP contribution in [0.5, 0.6) is 23.0 Å². The monoisotopic (exact) mass is 498 g/mol. The number of ether oxygens (including phenoxy) is 4. The summed E-state index contributed by atoms with van der Waals surface area (Å²) in [4.78, 5) is 12.7. The van der Waals surface area contributed by atoms with Crippen LogP contribution in [0.15, 0.2) is 78.2 Å². The molecule has 4 rings (SSSR count). The van der Waals surface area contributed by atoms with Gasteiger partial charge in [0.1, 0.15) is 34.6 Å². The third-order valence-corrected chi connectivity index (χ3v) is 6.10. The van der Waals surface area contributed by atoms with Gasteiger partial charge in [-0.25, -0.2) is 4.79 Å². The Morgan fingerprint density at radius 1 is 1.03 bits per heavy atom. The molecule has 0 fully saturated rings. The maximum absolute atomic E-state index is 12.7. The average Bonchev–Trinajstić information content (AvgIpc) is 2.88. The van der Waals surface area contributed by atoms with Crippen molar-refractivity contribution >= 4 is 5.97 Å². The van der Waals surface area contributed by atoms with Gasteiger partial charge in [-0.3, -0.25) is 0 Å². The Morgan fingerprint density at radius 3 is 2.43 bits per heavy atom. The first-order chi connectivity index (χ1) is 17.8. The number of nitrogens with two attached hydrogens (primary N) is 1. The quantitative estimate of drug-likeness (QED) is 0.309. The summed E-state index contributed by atoms with van der Waals surface area (Å²) in [5.74, 6) is 1.39. The number of nitriles is 1. The van der Waals surface area contributed by atoms with E-state index in [-0.39, 0.29) is 11.6 Å². The van der Waals surface area contributed by atoms with E-state index in [1.807, 2.05) is 55.5 Å². The Bertz CT molecular complexity index is 1360. The third kappa shape index (κ3) is 5.70. The number of rotatable bonds is 8. The van der Waals surface area contributed by atoms with Gasteiger partial charge in [0.25, 0.3) is 0 Å². The van der Waals surface area contributed by atoms with Crippen LogP contribution in [0, 0.1) is 11.3 Å². The van der Waals surface area contributed by atoms with Crippen LogP contribution < -0.4 is 24.7 Å². The molecule has 0 saturated heterocycles. The van der Waals surface area contributed by atoms with Crippen molar-refractivity contribution in [2.24, 2.45) is 5.73 Å². The number of benzene rings is 3. The molecule has 37 heavy (non-hydrogen) atoms. The van der Waals surface area contributed by atoms with E-state index < -0.39 is 18.0 Å². The number of fused-ring (bicyclic) bond motifs is 1. The van der Waals surface area contributed by atoms with Crippen LogP contribution in [0.4, 0.5) is 0 Å². The highest BCUT2D eigenvalue weighted by molar-refractivity contribution is 5.77. The first-order valence-electron chi connectivity index (χ1n) is 12.2. The molecule has 7 nitrogen and oxygen atoms in total. The zero-order chi connectivity index (χ0) is 26.5. The molecule has 1 aliphatic heterocycles. The summed E-state index contributed by atoms with van der Waals surface area (Å²) in [7, 11) is 0. The van der Waals surface area contributed by atoms with Crippen LogP contribution in [-0.2, 0) is 4.79 Å². The molecule has 0 bridgehead atoms. The summed E-state index contributed by atoms with van der Waals surface area (Å²) in [5.41, 5.74) is 9.18. The smallest absolute Gasteiger partial charge is 0.352 e. The highest BCUT2D eigenvalue weighted by atomic mass is 16.6. The SMILES string of the molecule is CCOc1cccc(C2C(C#N)=C(N)Oc3cc(OC(=O)C(C)Oc4ccc(C(C)C)cc4)ccc32)c1. The molecule has 0 saturated carbocycles. The van der Waals surface area contributed by atoms with Gasteiger partial charge in [0, 0.05) is 11.6 Å². The number of hydrogen-bond donors (Lipinski definition) is 1. The van der Waals surface area contributed by atoms with E-state index in [2.05, 4.69) is 19.9 Å². The lowest BCUT2D eigenvalue weighted by atomic mass is 9.83. The molecule has 1 heterocycles. The molecule has 3 aromatic rings. The molecule has 3 aromatic carbocycles. The lowest BCUT2D eigenvalue weighted by Crippen LogP contribution is -2.28. The van der Waals surface area contributed by atoms with Crippen LogP contribution >= 0.6 is 0 Å². The van der Waals surface area contributed by atoms with Crippen molar-refractivity contribution in [2.45, 2.75) is 45.6 Å². The van der Waals surface area contributed by atoms with Gasteiger partial charge in [0.05, 0.1) is 12.5 Å². The second-order valence-corrected chi connectivity index (χ2v) is 9.03. The molecule has 2 unspecified atom stereocenters. The highest BCUT2D eigenvalue weighted by Crippen LogP contribution is 2.44. The highest BCUT2D eigenvalue weighted by Gasteiger charge is 2.31. The molecule has 0 spiro atoms. The van der Waals surface area contributed by atoms with Gasteiger partial charge in [0.2, 0.25) is 5.88 Å². The number of hydrogen-bond acceptors (Lipinski definition) is 7. The van der Waals surface area contributed by atoms with Crippen molar-refractivity contribution in [3.63, 3.8) is 0 Å². The fourth-order valence-electron chi connectivity index (χ4n) is 4.18. The molecule has 0 amide bonds. The predicted molar refractivity (Wildman–Crippen MR) is 140 cm³/mol. The van der Waals surface area contributed by atoms with Crippen molar-refractivity contribution in [3.05, 3.63) is 94.9 Å². The van der Waals surface area contributed by atoms with Crippen molar-refractivity contribution in [2.75, 3.05) is 6.61 Å². The summed E-state index contributed by atoms with van der Waals surface area (Å²) >= 11 is 0. The summed E-state index contributed by atoms with van der Waals surface area (Å²) in [6.45, 7) is 8.30. The summed E-state index contributed by atoms with van der Waals surface area (Å²) in [5, 5.41) is 9.81. The van der Waals surface area contributed by atoms with E-state index in [1.54, 1.807) is 25.1 Å². The van der Waals surface area contributed by atoms with Gasteiger partial charge in [0.15, 0.2) is 6.10 Å². The molecular formula is C30H30N2O5. The first kappa shape index (κ1) is 25.6. The standard InChI is InChI=1S/C30H30N2O5/c1-5-34-23-8-6-7-21(15-23)28-25-14-13-24(16-27(25)37-29(32)26(28)17-31)36-30(33)19(4)35-22-11-9-20(10-12-22)18(2)3/h6-16,18-19,28H,5,32H2,1-4H3. The van der Waals surface area contributed by atoms with Crippen molar-refractivity contribution in [1.82, 2.24) is 0 Å². The van der Waals surface area contributed by atoms with Crippen LogP contribution in [0.3, 0.4) is 0 Å². The molecule has 190 valence electrons. The topological polar surface area (TPSA) is 104 Å². The minimum Gasteiger partial charge on any atom is -0.494 e. The normalized spacial score (nSPS) is 15.3. The summed E-state index contributed by atoms with van der Waals surface area (Å²) < 4.78 is 22.7. The average molecular weight is 499 g/mol. The van der Waals surface area contributed by atoms with Gasteiger partial charge < -0.3 is 24.7 Å². The fraction of sp³-hybridized carbons (Fsp3) is 0.267. The number of esters is 1. The van der Waals surface area contributed by atoms with Crippen LogP contribution in [0.25, 0.3) is 0 Å². The minimum absolute atomic E-state index is 0.00633. The molecule has 0 aromatic heterocycles. The van der Waals surface area contributed by atoms with E-state index in [0.29, 0.717) is 35.3 Å². The maximum atomic E-state index is 12.7. The second kappa shape index (κ2) is 11.1. The third-order valence-electron chi connectivity index (χ3n) is 6.10. The number of allylic oxidation sites excluding steroid dienone is 1. The predicted octanol–water partition coefficient (Wildman–Crippen LogP) is 5.80. The zero-order valence-corrected chi connectivity index (χ0v) is 21.4. The number of carbonyl (C=O) groups is 1.